The third-order valence-corrected chi connectivity index (χ3v) is 6.96. The first-order valence-electron chi connectivity index (χ1n) is 9.31. The monoisotopic (exact) mass is 389 g/mol. The summed E-state index contributed by atoms with van der Waals surface area (Å²) in [5, 5.41) is 6.33. The van der Waals surface area contributed by atoms with E-state index in [4.69, 9.17) is 11.6 Å². The lowest BCUT2D eigenvalue weighted by Gasteiger charge is -2.54. The Bertz CT molecular complexity index is 687. The fraction of sp³-hybridized carbons (Fsp3) is 0.778. The first kappa shape index (κ1) is 18.1. The van der Waals surface area contributed by atoms with E-state index in [1.165, 1.54) is 43.7 Å². The maximum Gasteiger partial charge on any atom is 0.436 e. The van der Waals surface area contributed by atoms with Crippen molar-refractivity contribution < 1.29 is 18.0 Å². The molecule has 5 rings (SSSR count). The second kappa shape index (κ2) is 6.43. The summed E-state index contributed by atoms with van der Waals surface area (Å²) in [6.45, 7) is 1.58. The van der Waals surface area contributed by atoms with E-state index in [1.54, 1.807) is 0 Å². The number of nitrogens with zero attached hydrogens (tertiary/aromatic N) is 2. The molecule has 4 aliphatic rings. The third kappa shape index (κ3) is 3.23. The molecule has 4 bridgehead atoms. The van der Waals surface area contributed by atoms with Crippen molar-refractivity contribution in [1.29, 1.82) is 0 Å². The maximum absolute atomic E-state index is 12.9. The normalized spacial score (nSPS) is 32.9. The number of alkyl halides is 3. The molecule has 1 aromatic rings. The minimum Gasteiger partial charge on any atom is -0.353 e. The zero-order valence-corrected chi connectivity index (χ0v) is 15.4. The molecule has 1 amide bonds. The molecule has 4 aliphatic carbocycles. The van der Waals surface area contributed by atoms with Gasteiger partial charge >= 0.3 is 6.18 Å². The van der Waals surface area contributed by atoms with E-state index in [2.05, 4.69) is 10.4 Å². The van der Waals surface area contributed by atoms with Gasteiger partial charge in [-0.15, -0.1) is 0 Å². The van der Waals surface area contributed by atoms with Gasteiger partial charge in [-0.2, -0.15) is 18.3 Å². The highest BCUT2D eigenvalue weighted by Gasteiger charge is 2.48. The molecule has 4 saturated carbocycles. The van der Waals surface area contributed by atoms with Crippen molar-refractivity contribution >= 4 is 17.5 Å². The minimum absolute atomic E-state index is 0.0980. The van der Waals surface area contributed by atoms with Crippen molar-refractivity contribution in [1.82, 2.24) is 15.1 Å². The Hall–Kier alpha value is -1.24. The van der Waals surface area contributed by atoms with Crippen molar-refractivity contribution in [3.63, 3.8) is 0 Å². The Kier molecular flexibility index (Phi) is 4.48. The van der Waals surface area contributed by atoms with Crippen LogP contribution < -0.4 is 5.32 Å². The van der Waals surface area contributed by atoms with E-state index >= 15 is 0 Å². The molecule has 0 aromatic carbocycles. The molecule has 1 N–H and O–H groups in total. The highest BCUT2D eigenvalue weighted by Crippen LogP contribution is 2.53. The second-order valence-corrected chi connectivity index (χ2v) is 8.62. The van der Waals surface area contributed by atoms with Crippen molar-refractivity contribution in [2.45, 2.75) is 64.2 Å². The minimum atomic E-state index is -4.59. The van der Waals surface area contributed by atoms with Crippen LogP contribution in [0.2, 0.25) is 5.02 Å². The molecular weight excluding hydrogens is 367 g/mol. The summed E-state index contributed by atoms with van der Waals surface area (Å²) >= 11 is 5.75. The SMILES string of the molecule is Cc1c(Cl)c(C(F)(F)F)nn1CCC(=O)NC1C2CC3CC(C2)CC1C3. The smallest absolute Gasteiger partial charge is 0.353 e. The predicted molar refractivity (Wildman–Crippen MR) is 90.6 cm³/mol. The first-order valence-corrected chi connectivity index (χ1v) is 9.69. The molecule has 8 heteroatoms. The van der Waals surface area contributed by atoms with Crippen LogP contribution in [-0.2, 0) is 17.5 Å². The van der Waals surface area contributed by atoms with E-state index in [-0.39, 0.29) is 35.6 Å². The third-order valence-electron chi connectivity index (χ3n) is 6.51. The number of amides is 1. The number of carbonyl (C=O) groups excluding carboxylic acids is 1. The summed E-state index contributed by atoms with van der Waals surface area (Å²) in [7, 11) is 0. The highest BCUT2D eigenvalue weighted by atomic mass is 35.5. The molecule has 4 fully saturated rings. The van der Waals surface area contributed by atoms with Crippen molar-refractivity contribution in [3.8, 4) is 0 Å². The van der Waals surface area contributed by atoms with Gasteiger partial charge in [-0.3, -0.25) is 9.48 Å². The number of carbonyl (C=O) groups is 1. The zero-order chi connectivity index (χ0) is 18.6. The zero-order valence-electron chi connectivity index (χ0n) is 14.7. The lowest BCUT2D eigenvalue weighted by atomic mass is 9.54. The van der Waals surface area contributed by atoms with Gasteiger partial charge in [0, 0.05) is 12.5 Å². The van der Waals surface area contributed by atoms with Gasteiger partial charge in [0.15, 0.2) is 5.69 Å². The standard InChI is InChI=1S/C18H23ClF3N3O/c1-9-15(19)17(18(20,21)22)24-25(9)3-2-14(26)23-16-12-5-10-4-11(7-12)8-13(16)6-10/h10-13,16H,2-8H2,1H3,(H,23,26). The van der Waals surface area contributed by atoms with Crippen LogP contribution in [0.25, 0.3) is 0 Å². The van der Waals surface area contributed by atoms with Gasteiger partial charge in [0.05, 0.1) is 17.3 Å². The number of halogens is 4. The van der Waals surface area contributed by atoms with Gasteiger partial charge in [-0.25, -0.2) is 0 Å². The van der Waals surface area contributed by atoms with Gasteiger partial charge in [0.2, 0.25) is 5.91 Å². The van der Waals surface area contributed by atoms with E-state index in [0.29, 0.717) is 11.8 Å². The first-order chi connectivity index (χ1) is 12.2. The number of hydrogen-bond acceptors (Lipinski definition) is 2. The van der Waals surface area contributed by atoms with Crippen LogP contribution in [0.15, 0.2) is 0 Å². The van der Waals surface area contributed by atoms with Gasteiger partial charge in [-0.05, 0) is 62.7 Å². The predicted octanol–water partition coefficient (Wildman–Crippen LogP) is 4.19. The molecule has 0 unspecified atom stereocenters. The molecule has 1 heterocycles. The molecule has 0 atom stereocenters. The molecule has 0 aliphatic heterocycles. The number of nitrogens with one attached hydrogen (secondary N) is 1. The maximum atomic E-state index is 12.9. The second-order valence-electron chi connectivity index (χ2n) is 8.24. The Morgan fingerprint density at radius 3 is 2.27 bits per heavy atom. The van der Waals surface area contributed by atoms with E-state index < -0.39 is 11.9 Å². The summed E-state index contributed by atoms with van der Waals surface area (Å²) in [5.74, 6) is 2.71. The largest absolute Gasteiger partial charge is 0.436 e. The van der Waals surface area contributed by atoms with Crippen molar-refractivity contribution in [2.75, 3.05) is 0 Å². The van der Waals surface area contributed by atoms with Crippen LogP contribution in [0, 0.1) is 30.6 Å². The Balaban J connectivity index is 1.36. The topological polar surface area (TPSA) is 46.9 Å². The van der Waals surface area contributed by atoms with Gasteiger partial charge in [0.25, 0.3) is 0 Å². The summed E-state index contributed by atoms with van der Waals surface area (Å²) < 4.78 is 39.8. The molecule has 0 saturated heterocycles. The number of rotatable bonds is 4. The average Bonchev–Trinajstić information content (AvgIpc) is 2.84. The van der Waals surface area contributed by atoms with Crippen molar-refractivity contribution in [3.05, 3.63) is 16.4 Å². The number of aromatic nitrogens is 2. The Labute approximate surface area is 155 Å². The van der Waals surface area contributed by atoms with E-state index in [9.17, 15) is 18.0 Å². The fourth-order valence-electron chi connectivity index (χ4n) is 5.55. The van der Waals surface area contributed by atoms with Crippen LogP contribution in [0.4, 0.5) is 13.2 Å². The average molecular weight is 390 g/mol. The lowest BCUT2D eigenvalue weighted by Crippen LogP contribution is -2.55. The number of hydrogen-bond donors (Lipinski definition) is 1. The van der Waals surface area contributed by atoms with Gasteiger partial charge in [0.1, 0.15) is 0 Å². The molecule has 1 aromatic heterocycles. The van der Waals surface area contributed by atoms with Crippen molar-refractivity contribution in [2.24, 2.45) is 23.7 Å². The number of aryl methyl sites for hydroxylation is 1. The fourth-order valence-corrected chi connectivity index (χ4v) is 5.79. The Morgan fingerprint density at radius 1 is 1.19 bits per heavy atom. The molecule has 0 spiro atoms. The highest BCUT2D eigenvalue weighted by molar-refractivity contribution is 6.31. The summed E-state index contributed by atoms with van der Waals surface area (Å²) in [6.07, 6.45) is 1.71. The summed E-state index contributed by atoms with van der Waals surface area (Å²) in [4.78, 5) is 12.4. The Morgan fingerprint density at radius 2 is 1.77 bits per heavy atom. The molecule has 0 radical (unpaired) electrons. The van der Waals surface area contributed by atoms with E-state index in [0.717, 1.165) is 11.8 Å². The van der Waals surface area contributed by atoms with Crippen LogP contribution in [-0.4, -0.2) is 21.7 Å². The molecular formula is C18H23ClF3N3O. The molecule has 26 heavy (non-hydrogen) atoms. The quantitative estimate of drug-likeness (QED) is 0.839. The van der Waals surface area contributed by atoms with Gasteiger partial charge < -0.3 is 5.32 Å². The summed E-state index contributed by atoms with van der Waals surface area (Å²) in [5.41, 5.74) is -0.848. The molecule has 144 valence electrons. The lowest BCUT2D eigenvalue weighted by molar-refractivity contribution is -0.141. The van der Waals surface area contributed by atoms with Gasteiger partial charge in [-0.1, -0.05) is 11.6 Å². The van der Waals surface area contributed by atoms with Crippen LogP contribution >= 0.6 is 11.6 Å². The van der Waals surface area contributed by atoms with Crippen LogP contribution in [0.3, 0.4) is 0 Å². The van der Waals surface area contributed by atoms with Crippen LogP contribution in [0.1, 0.15) is 49.9 Å². The molecule has 4 nitrogen and oxygen atoms in total. The van der Waals surface area contributed by atoms with E-state index in [1.807, 2.05) is 0 Å². The summed E-state index contributed by atoms with van der Waals surface area (Å²) in [6, 6.07) is 0.239. The van der Waals surface area contributed by atoms with Crippen LogP contribution in [0.5, 0.6) is 0 Å².